The third-order valence-corrected chi connectivity index (χ3v) is 4.07. The van der Waals surface area contributed by atoms with Crippen LogP contribution < -0.4 is 15.4 Å². The van der Waals surface area contributed by atoms with E-state index in [-0.39, 0.29) is 0 Å². The lowest BCUT2D eigenvalue weighted by Gasteiger charge is -2.14. The van der Waals surface area contributed by atoms with Crippen LogP contribution >= 0.6 is 11.6 Å². The van der Waals surface area contributed by atoms with Crippen LogP contribution in [-0.4, -0.2) is 16.6 Å². The Kier molecular flexibility index (Phi) is 5.58. The summed E-state index contributed by atoms with van der Waals surface area (Å²) >= 11 is 6.37. The molecule has 0 fully saturated rings. The van der Waals surface area contributed by atoms with E-state index >= 15 is 0 Å². The molecule has 134 valence electrons. The molecular formula is C20H21ClN4O. The highest BCUT2D eigenvalue weighted by molar-refractivity contribution is 6.33. The van der Waals surface area contributed by atoms with E-state index in [1.807, 2.05) is 51.1 Å². The van der Waals surface area contributed by atoms with Crippen molar-refractivity contribution in [2.24, 2.45) is 0 Å². The number of nitrogens with zero attached hydrogens (tertiary/aromatic N) is 2. The van der Waals surface area contributed by atoms with Gasteiger partial charge in [0.1, 0.15) is 11.6 Å². The van der Waals surface area contributed by atoms with Gasteiger partial charge in [0.15, 0.2) is 0 Å². The van der Waals surface area contributed by atoms with Crippen LogP contribution in [0.4, 0.5) is 23.1 Å². The summed E-state index contributed by atoms with van der Waals surface area (Å²) in [6.45, 7) is 6.57. The molecule has 0 saturated carbocycles. The minimum Gasteiger partial charge on any atom is -0.492 e. The van der Waals surface area contributed by atoms with Gasteiger partial charge in [-0.2, -0.15) is 4.98 Å². The van der Waals surface area contributed by atoms with E-state index in [0.717, 1.165) is 28.3 Å². The van der Waals surface area contributed by atoms with Crippen molar-refractivity contribution < 1.29 is 4.74 Å². The monoisotopic (exact) mass is 368 g/mol. The van der Waals surface area contributed by atoms with Gasteiger partial charge in [-0.3, -0.25) is 0 Å². The molecule has 0 spiro atoms. The van der Waals surface area contributed by atoms with Crippen molar-refractivity contribution in [2.75, 3.05) is 17.2 Å². The van der Waals surface area contributed by atoms with Gasteiger partial charge in [0.25, 0.3) is 0 Å². The molecule has 1 heterocycles. The minimum absolute atomic E-state index is 0.475. The largest absolute Gasteiger partial charge is 0.492 e. The van der Waals surface area contributed by atoms with Crippen LogP contribution in [0.5, 0.6) is 5.75 Å². The van der Waals surface area contributed by atoms with Crippen LogP contribution in [0.25, 0.3) is 0 Å². The van der Waals surface area contributed by atoms with Crippen LogP contribution in [0.2, 0.25) is 5.02 Å². The van der Waals surface area contributed by atoms with Gasteiger partial charge in [-0.25, -0.2) is 4.98 Å². The second kappa shape index (κ2) is 8.06. The number of benzene rings is 2. The lowest BCUT2D eigenvalue weighted by Crippen LogP contribution is -2.03. The predicted molar refractivity (Wildman–Crippen MR) is 107 cm³/mol. The number of para-hydroxylation sites is 2. The second-order valence-electron chi connectivity index (χ2n) is 5.88. The van der Waals surface area contributed by atoms with Crippen LogP contribution in [-0.2, 0) is 0 Å². The lowest BCUT2D eigenvalue weighted by molar-refractivity contribution is 0.342. The Bertz CT molecular complexity index is 891. The molecule has 2 aromatic carbocycles. The summed E-state index contributed by atoms with van der Waals surface area (Å²) in [6, 6.07) is 13.5. The zero-order valence-electron chi connectivity index (χ0n) is 15.0. The Morgan fingerprint density at radius 3 is 2.65 bits per heavy atom. The molecule has 0 atom stereocenters. The molecule has 0 saturated heterocycles. The number of hydrogen-bond acceptors (Lipinski definition) is 5. The molecule has 0 aliphatic rings. The lowest BCUT2D eigenvalue weighted by atomic mass is 10.1. The standard InChI is InChI=1S/C20H21ClN4O/c1-4-26-17-8-6-5-7-16(17)23-20-22-10-9-18(25-20)24-19-14(3)11-13(2)12-15(19)21/h5-12H,4H2,1-3H3,(H2,22,23,24,25). The van der Waals surface area contributed by atoms with Crippen molar-refractivity contribution >= 4 is 34.7 Å². The number of hydrogen-bond donors (Lipinski definition) is 2. The third kappa shape index (κ3) is 4.24. The van der Waals surface area contributed by atoms with E-state index in [9.17, 15) is 0 Å². The molecule has 2 N–H and O–H groups in total. The van der Waals surface area contributed by atoms with Gasteiger partial charge in [-0.1, -0.05) is 29.8 Å². The fourth-order valence-electron chi connectivity index (χ4n) is 2.66. The fourth-order valence-corrected chi connectivity index (χ4v) is 3.03. The van der Waals surface area contributed by atoms with Crippen molar-refractivity contribution in [2.45, 2.75) is 20.8 Å². The molecule has 6 heteroatoms. The fraction of sp³-hybridized carbons (Fsp3) is 0.200. The molecule has 26 heavy (non-hydrogen) atoms. The molecule has 0 aliphatic heterocycles. The molecule has 0 radical (unpaired) electrons. The summed E-state index contributed by atoms with van der Waals surface area (Å²) in [7, 11) is 0. The number of aryl methyl sites for hydroxylation is 2. The summed E-state index contributed by atoms with van der Waals surface area (Å²) in [5.74, 6) is 1.89. The maximum atomic E-state index is 6.37. The molecule has 0 amide bonds. The Morgan fingerprint density at radius 1 is 1.08 bits per heavy atom. The molecule has 5 nitrogen and oxygen atoms in total. The van der Waals surface area contributed by atoms with Crippen LogP contribution in [0.3, 0.4) is 0 Å². The van der Waals surface area contributed by atoms with Crippen molar-refractivity contribution in [3.8, 4) is 5.75 Å². The van der Waals surface area contributed by atoms with E-state index in [1.54, 1.807) is 12.3 Å². The minimum atomic E-state index is 0.475. The summed E-state index contributed by atoms with van der Waals surface area (Å²) < 4.78 is 5.63. The highest BCUT2D eigenvalue weighted by Gasteiger charge is 2.09. The van der Waals surface area contributed by atoms with Gasteiger partial charge in [0, 0.05) is 6.20 Å². The Morgan fingerprint density at radius 2 is 1.88 bits per heavy atom. The van der Waals surface area contributed by atoms with Gasteiger partial charge < -0.3 is 15.4 Å². The number of ether oxygens (including phenoxy) is 1. The van der Waals surface area contributed by atoms with E-state index in [4.69, 9.17) is 16.3 Å². The molecule has 0 bridgehead atoms. The summed E-state index contributed by atoms with van der Waals surface area (Å²) in [6.07, 6.45) is 1.69. The van der Waals surface area contributed by atoms with E-state index in [2.05, 4.69) is 26.7 Å². The number of nitrogens with one attached hydrogen (secondary N) is 2. The van der Waals surface area contributed by atoms with Gasteiger partial charge in [0.2, 0.25) is 5.95 Å². The van der Waals surface area contributed by atoms with E-state index in [1.165, 1.54) is 0 Å². The first kappa shape index (κ1) is 18.0. The molecular weight excluding hydrogens is 348 g/mol. The van der Waals surface area contributed by atoms with Crippen LogP contribution in [0, 0.1) is 13.8 Å². The van der Waals surface area contributed by atoms with Crippen molar-refractivity contribution in [1.82, 2.24) is 9.97 Å². The van der Waals surface area contributed by atoms with Crippen molar-refractivity contribution in [3.05, 3.63) is 64.8 Å². The topological polar surface area (TPSA) is 59.1 Å². The summed E-state index contributed by atoms with van der Waals surface area (Å²) in [4.78, 5) is 8.81. The summed E-state index contributed by atoms with van der Waals surface area (Å²) in [5, 5.41) is 7.15. The van der Waals surface area contributed by atoms with Crippen molar-refractivity contribution in [1.29, 1.82) is 0 Å². The normalized spacial score (nSPS) is 10.5. The second-order valence-corrected chi connectivity index (χ2v) is 6.29. The third-order valence-electron chi connectivity index (χ3n) is 3.77. The first-order chi connectivity index (χ1) is 12.6. The first-order valence-electron chi connectivity index (χ1n) is 8.42. The van der Waals surface area contributed by atoms with Gasteiger partial charge in [-0.05, 0) is 56.2 Å². The van der Waals surface area contributed by atoms with E-state index < -0.39 is 0 Å². The Labute approximate surface area is 158 Å². The number of halogens is 1. The quantitative estimate of drug-likeness (QED) is 0.590. The van der Waals surface area contributed by atoms with Gasteiger partial charge >= 0.3 is 0 Å². The van der Waals surface area contributed by atoms with Gasteiger partial charge in [-0.15, -0.1) is 0 Å². The molecule has 0 unspecified atom stereocenters. The molecule has 1 aromatic heterocycles. The number of anilines is 4. The van der Waals surface area contributed by atoms with Gasteiger partial charge in [0.05, 0.1) is 23.0 Å². The highest BCUT2D eigenvalue weighted by Crippen LogP contribution is 2.30. The average Bonchev–Trinajstić information content (AvgIpc) is 2.60. The number of aromatic nitrogens is 2. The SMILES string of the molecule is CCOc1ccccc1Nc1nccc(Nc2c(C)cc(C)cc2Cl)n1. The van der Waals surface area contributed by atoms with E-state index in [0.29, 0.717) is 23.4 Å². The zero-order chi connectivity index (χ0) is 18.5. The maximum Gasteiger partial charge on any atom is 0.229 e. The molecule has 3 aromatic rings. The Balaban J connectivity index is 1.84. The summed E-state index contributed by atoms with van der Waals surface area (Å²) in [5.41, 5.74) is 3.84. The number of rotatable bonds is 6. The average molecular weight is 369 g/mol. The molecule has 0 aliphatic carbocycles. The first-order valence-corrected chi connectivity index (χ1v) is 8.80. The smallest absolute Gasteiger partial charge is 0.229 e. The molecule has 3 rings (SSSR count). The zero-order valence-corrected chi connectivity index (χ0v) is 15.8. The van der Waals surface area contributed by atoms with Crippen molar-refractivity contribution in [3.63, 3.8) is 0 Å². The predicted octanol–water partition coefficient (Wildman–Crippen LogP) is 5.63. The maximum absolute atomic E-state index is 6.37. The Hall–Kier alpha value is -2.79. The van der Waals surface area contributed by atoms with Crippen LogP contribution in [0.15, 0.2) is 48.7 Å². The van der Waals surface area contributed by atoms with Crippen LogP contribution in [0.1, 0.15) is 18.1 Å². The highest BCUT2D eigenvalue weighted by atomic mass is 35.5.